The van der Waals surface area contributed by atoms with Crippen LogP contribution in [-0.4, -0.2) is 18.9 Å². The molecule has 0 heterocycles. The third-order valence-corrected chi connectivity index (χ3v) is 7.89. The van der Waals surface area contributed by atoms with Crippen LogP contribution in [-0.2, 0) is 14.3 Å². The van der Waals surface area contributed by atoms with E-state index in [1.807, 2.05) is 0 Å². The second kappa shape index (κ2) is 24.5. The minimum atomic E-state index is -0.380. The normalized spacial score (nSPS) is 15.2. The molecule has 0 amide bonds. The number of hydrogen-bond donors (Lipinski definition) is 0. The van der Waals surface area contributed by atoms with E-state index in [0.717, 1.165) is 19.3 Å². The third kappa shape index (κ3) is 19.3. The van der Waals surface area contributed by atoms with Crippen molar-refractivity contribution in [3.05, 3.63) is 12.2 Å². The van der Waals surface area contributed by atoms with E-state index < -0.39 is 0 Å². The molecule has 0 aromatic heterocycles. The smallest absolute Gasteiger partial charge is 0.335 e. The Balaban J connectivity index is 1.86. The highest BCUT2D eigenvalue weighted by Gasteiger charge is 2.27. The van der Waals surface area contributed by atoms with Crippen LogP contribution in [0.25, 0.3) is 0 Å². The minimum Gasteiger partial charge on any atom is -0.432 e. The van der Waals surface area contributed by atoms with Gasteiger partial charge < -0.3 is 9.47 Å². The minimum absolute atomic E-state index is 0.311. The Kier molecular flexibility index (Phi) is 22.6. The topological polar surface area (TPSA) is 35.5 Å². The van der Waals surface area contributed by atoms with Crippen molar-refractivity contribution >= 4 is 5.97 Å². The molecular weight excluding hydrogens is 444 g/mol. The fourth-order valence-electron chi connectivity index (χ4n) is 5.44. The molecule has 3 heteroatoms. The molecule has 1 aliphatic carbocycles. The van der Waals surface area contributed by atoms with E-state index in [2.05, 4.69) is 13.5 Å². The molecule has 36 heavy (non-hydrogen) atoms. The molecule has 0 N–H and O–H groups in total. The first-order chi connectivity index (χ1) is 17.6. The Morgan fingerprint density at radius 1 is 0.667 bits per heavy atom. The van der Waals surface area contributed by atoms with Gasteiger partial charge >= 0.3 is 5.97 Å². The number of hydrogen-bond acceptors (Lipinski definition) is 3. The lowest BCUT2D eigenvalue weighted by Gasteiger charge is -2.29. The van der Waals surface area contributed by atoms with E-state index >= 15 is 0 Å². The lowest BCUT2D eigenvalue weighted by atomic mass is 9.89. The van der Waals surface area contributed by atoms with Crippen molar-refractivity contribution in [1.29, 1.82) is 0 Å². The van der Waals surface area contributed by atoms with Gasteiger partial charge in [0.15, 0.2) is 0 Å². The highest BCUT2D eigenvalue weighted by molar-refractivity contribution is 5.87. The summed E-state index contributed by atoms with van der Waals surface area (Å²) in [6, 6.07) is 0. The van der Waals surface area contributed by atoms with Crippen molar-refractivity contribution in [2.45, 2.75) is 181 Å². The molecule has 1 aliphatic rings. The van der Waals surface area contributed by atoms with Gasteiger partial charge in [-0.05, 0) is 26.2 Å². The van der Waals surface area contributed by atoms with E-state index in [9.17, 15) is 4.79 Å². The zero-order chi connectivity index (χ0) is 26.1. The number of rotatable bonds is 25. The number of esters is 1. The van der Waals surface area contributed by atoms with E-state index in [1.165, 1.54) is 141 Å². The molecule has 0 bridgehead atoms. The van der Waals surface area contributed by atoms with E-state index in [1.54, 1.807) is 6.92 Å². The van der Waals surface area contributed by atoms with Crippen LogP contribution in [0.5, 0.6) is 0 Å². The first kappa shape index (κ1) is 33.2. The molecule has 1 rings (SSSR count). The van der Waals surface area contributed by atoms with Crippen LogP contribution in [0, 0.1) is 5.92 Å². The molecule has 1 fully saturated rings. The predicted octanol–water partition coefficient (Wildman–Crippen LogP) is 10.9. The van der Waals surface area contributed by atoms with Gasteiger partial charge in [-0.25, -0.2) is 4.79 Å². The molecular formula is C33H62O3. The maximum atomic E-state index is 12.0. The third-order valence-electron chi connectivity index (χ3n) is 7.89. The molecule has 0 aromatic rings. The van der Waals surface area contributed by atoms with Crippen LogP contribution in [0.1, 0.15) is 174 Å². The van der Waals surface area contributed by atoms with Gasteiger partial charge in [-0.1, -0.05) is 155 Å². The first-order valence-electron chi connectivity index (χ1n) is 16.1. The van der Waals surface area contributed by atoms with Crippen LogP contribution in [0.15, 0.2) is 12.2 Å². The summed E-state index contributed by atoms with van der Waals surface area (Å²) in [6.45, 7) is 8.41. The largest absolute Gasteiger partial charge is 0.432 e. The lowest BCUT2D eigenvalue weighted by Crippen LogP contribution is -2.31. The highest BCUT2D eigenvalue weighted by atomic mass is 16.7. The van der Waals surface area contributed by atoms with Crippen molar-refractivity contribution < 1.29 is 14.3 Å². The van der Waals surface area contributed by atoms with Gasteiger partial charge in [0.2, 0.25) is 6.29 Å². The monoisotopic (exact) mass is 506 g/mol. The van der Waals surface area contributed by atoms with Gasteiger partial charge in [-0.15, -0.1) is 0 Å². The molecule has 0 aliphatic heterocycles. The molecule has 0 aromatic carbocycles. The lowest BCUT2D eigenvalue weighted by molar-refractivity contribution is -0.190. The van der Waals surface area contributed by atoms with Crippen LogP contribution in [0.2, 0.25) is 0 Å². The first-order valence-corrected chi connectivity index (χ1v) is 16.1. The van der Waals surface area contributed by atoms with Crippen molar-refractivity contribution in [3.63, 3.8) is 0 Å². The molecule has 0 saturated heterocycles. The summed E-state index contributed by atoms with van der Waals surface area (Å²) in [6.07, 6.45) is 33.4. The molecule has 1 unspecified atom stereocenters. The SMILES string of the molecule is C=C(C)C(=O)OC(OCCCCCCCCCCCCCCCCCCCCCC)C1CCCCC1. The molecule has 3 nitrogen and oxygen atoms in total. The van der Waals surface area contributed by atoms with E-state index in [0.29, 0.717) is 18.1 Å². The van der Waals surface area contributed by atoms with Crippen molar-refractivity contribution in [3.8, 4) is 0 Å². The van der Waals surface area contributed by atoms with Crippen molar-refractivity contribution in [2.75, 3.05) is 6.61 Å². The molecule has 212 valence electrons. The summed E-state index contributed by atoms with van der Waals surface area (Å²) >= 11 is 0. The van der Waals surface area contributed by atoms with Gasteiger partial charge in [-0.3, -0.25) is 0 Å². The van der Waals surface area contributed by atoms with Crippen LogP contribution < -0.4 is 0 Å². The summed E-state index contributed by atoms with van der Waals surface area (Å²) < 4.78 is 11.7. The Bertz CT molecular complexity index is 509. The highest BCUT2D eigenvalue weighted by Crippen LogP contribution is 2.29. The quantitative estimate of drug-likeness (QED) is 0.0534. The van der Waals surface area contributed by atoms with Gasteiger partial charge in [0, 0.05) is 11.5 Å². The van der Waals surface area contributed by atoms with Crippen LogP contribution >= 0.6 is 0 Å². The second-order valence-electron chi connectivity index (χ2n) is 11.5. The Morgan fingerprint density at radius 2 is 1.06 bits per heavy atom. The van der Waals surface area contributed by atoms with Gasteiger partial charge in [-0.2, -0.15) is 0 Å². The average Bonchev–Trinajstić information content (AvgIpc) is 2.89. The van der Waals surface area contributed by atoms with Crippen molar-refractivity contribution in [2.24, 2.45) is 5.92 Å². The Hall–Kier alpha value is -0.830. The molecule has 0 radical (unpaired) electrons. The van der Waals surface area contributed by atoms with Gasteiger partial charge in [0.1, 0.15) is 0 Å². The fraction of sp³-hybridized carbons (Fsp3) is 0.909. The average molecular weight is 507 g/mol. The summed E-state index contributed by atoms with van der Waals surface area (Å²) in [5.41, 5.74) is 0.457. The van der Waals surface area contributed by atoms with Gasteiger partial charge in [0.05, 0.1) is 6.61 Å². The predicted molar refractivity (Wildman–Crippen MR) is 155 cm³/mol. The number of carbonyl (C=O) groups is 1. The zero-order valence-corrected chi connectivity index (χ0v) is 24.5. The summed E-state index contributed by atoms with van der Waals surface area (Å²) in [5, 5.41) is 0. The summed E-state index contributed by atoms with van der Waals surface area (Å²) in [5.74, 6) is 0.0428. The molecule has 1 atom stereocenters. The Labute approximate surface area is 225 Å². The number of carbonyl (C=O) groups excluding carboxylic acids is 1. The maximum absolute atomic E-state index is 12.0. The summed E-state index contributed by atoms with van der Waals surface area (Å²) in [4.78, 5) is 12.0. The number of unbranched alkanes of at least 4 members (excludes halogenated alkanes) is 19. The standard InChI is InChI=1S/C33H62O3/c1-4-5-6-7-8-9-10-11-12-13-14-15-16-17-18-19-20-21-22-26-29-35-33(36-32(34)30(2)3)31-27-24-23-25-28-31/h31,33H,2,4-29H2,1,3H3. The van der Waals surface area contributed by atoms with E-state index in [-0.39, 0.29) is 12.3 Å². The molecule has 0 spiro atoms. The Morgan fingerprint density at radius 3 is 1.44 bits per heavy atom. The van der Waals surface area contributed by atoms with Crippen LogP contribution in [0.3, 0.4) is 0 Å². The van der Waals surface area contributed by atoms with Crippen molar-refractivity contribution in [1.82, 2.24) is 0 Å². The van der Waals surface area contributed by atoms with E-state index in [4.69, 9.17) is 9.47 Å². The van der Waals surface area contributed by atoms with Crippen LogP contribution in [0.4, 0.5) is 0 Å². The maximum Gasteiger partial charge on any atom is 0.335 e. The molecule has 1 saturated carbocycles. The number of ether oxygens (including phenoxy) is 2. The fourth-order valence-corrected chi connectivity index (χ4v) is 5.44. The second-order valence-corrected chi connectivity index (χ2v) is 11.5. The zero-order valence-electron chi connectivity index (χ0n) is 24.5. The summed E-state index contributed by atoms with van der Waals surface area (Å²) in [7, 11) is 0. The van der Waals surface area contributed by atoms with Gasteiger partial charge in [0.25, 0.3) is 0 Å².